The van der Waals surface area contributed by atoms with E-state index >= 15 is 0 Å². The average molecular weight is 445 g/mol. The second kappa shape index (κ2) is 9.70. The number of sulfone groups is 1. The molecule has 3 rings (SSSR count). The van der Waals surface area contributed by atoms with Gasteiger partial charge < -0.3 is 10.1 Å². The predicted octanol–water partition coefficient (Wildman–Crippen LogP) is 4.35. The van der Waals surface area contributed by atoms with E-state index in [1.54, 1.807) is 30.3 Å². The molecule has 0 radical (unpaired) electrons. The molecule has 0 saturated carbocycles. The molecule has 0 aliphatic carbocycles. The van der Waals surface area contributed by atoms with E-state index in [0.717, 1.165) is 11.8 Å². The topological polar surface area (TPSA) is 72.5 Å². The minimum Gasteiger partial charge on any atom is -0.435 e. The normalized spacial score (nSPS) is 12.4. The highest BCUT2D eigenvalue weighted by Gasteiger charge is 2.19. The molecule has 5 nitrogen and oxygen atoms in total. The SMILES string of the molecule is CS(=O)(=O)Cc1cccc(C(=O)NC(c2ccccc2)c2ccc(OC(F)F)cc2)c1. The number of rotatable bonds is 8. The van der Waals surface area contributed by atoms with Crippen molar-refractivity contribution in [3.8, 4) is 5.75 Å². The van der Waals surface area contributed by atoms with Gasteiger partial charge in [-0.15, -0.1) is 0 Å². The molecule has 3 aromatic carbocycles. The summed E-state index contributed by atoms with van der Waals surface area (Å²) in [6, 6.07) is 21.1. The number of alkyl halides is 2. The van der Waals surface area contributed by atoms with Crippen molar-refractivity contribution in [3.05, 3.63) is 101 Å². The highest BCUT2D eigenvalue weighted by molar-refractivity contribution is 7.89. The van der Waals surface area contributed by atoms with E-state index in [9.17, 15) is 22.0 Å². The summed E-state index contributed by atoms with van der Waals surface area (Å²) in [6.45, 7) is -2.92. The van der Waals surface area contributed by atoms with Gasteiger partial charge in [-0.05, 0) is 41.0 Å². The van der Waals surface area contributed by atoms with E-state index in [2.05, 4.69) is 10.1 Å². The number of hydrogen-bond donors (Lipinski definition) is 1. The third-order valence-electron chi connectivity index (χ3n) is 4.46. The molecule has 0 heterocycles. The Bertz CT molecular complexity index is 1130. The van der Waals surface area contributed by atoms with Crippen molar-refractivity contribution in [2.45, 2.75) is 18.4 Å². The molecule has 0 spiro atoms. The van der Waals surface area contributed by atoms with Crippen LogP contribution >= 0.6 is 0 Å². The van der Waals surface area contributed by atoms with E-state index in [4.69, 9.17) is 0 Å². The number of carbonyl (C=O) groups is 1. The zero-order valence-electron chi connectivity index (χ0n) is 16.7. The van der Waals surface area contributed by atoms with Gasteiger partial charge in [0.2, 0.25) is 0 Å². The zero-order chi connectivity index (χ0) is 22.4. The quantitative estimate of drug-likeness (QED) is 0.560. The van der Waals surface area contributed by atoms with Gasteiger partial charge in [-0.2, -0.15) is 8.78 Å². The van der Waals surface area contributed by atoms with Crippen LogP contribution in [0.15, 0.2) is 78.9 Å². The zero-order valence-corrected chi connectivity index (χ0v) is 17.5. The first kappa shape index (κ1) is 22.4. The van der Waals surface area contributed by atoms with Crippen LogP contribution in [0.4, 0.5) is 8.78 Å². The molecule has 0 aromatic heterocycles. The summed E-state index contributed by atoms with van der Waals surface area (Å²) < 4.78 is 52.4. The molecule has 0 bridgehead atoms. The van der Waals surface area contributed by atoms with Gasteiger partial charge in [0, 0.05) is 11.8 Å². The largest absolute Gasteiger partial charge is 0.435 e. The van der Waals surface area contributed by atoms with Gasteiger partial charge in [-0.1, -0.05) is 54.6 Å². The summed E-state index contributed by atoms with van der Waals surface area (Å²) in [5, 5.41) is 2.94. The summed E-state index contributed by atoms with van der Waals surface area (Å²) in [6.07, 6.45) is 1.13. The average Bonchev–Trinajstić information content (AvgIpc) is 2.72. The standard InChI is InChI=1S/C23H21F2NO4S/c1-31(28,29)15-16-6-5-9-19(14-16)22(27)26-21(17-7-3-2-4-8-17)18-10-12-20(13-11-18)30-23(24)25/h2-14,21,23H,15H2,1H3,(H,26,27). The van der Waals surface area contributed by atoms with Crippen molar-refractivity contribution < 1.29 is 26.7 Å². The Labute approximate surface area is 179 Å². The fourth-order valence-corrected chi connectivity index (χ4v) is 3.95. The van der Waals surface area contributed by atoms with Crippen molar-refractivity contribution in [2.24, 2.45) is 0 Å². The van der Waals surface area contributed by atoms with Crippen LogP contribution < -0.4 is 10.1 Å². The summed E-state index contributed by atoms with van der Waals surface area (Å²) in [5.41, 5.74) is 2.30. The molecule has 0 saturated heterocycles. The van der Waals surface area contributed by atoms with Gasteiger partial charge >= 0.3 is 6.61 Å². The number of ether oxygens (including phenoxy) is 1. The Morgan fingerprint density at radius 3 is 2.19 bits per heavy atom. The van der Waals surface area contributed by atoms with Gasteiger partial charge in [0.25, 0.3) is 5.91 Å². The molecular weight excluding hydrogens is 424 g/mol. The van der Waals surface area contributed by atoms with Crippen LogP contribution in [0.3, 0.4) is 0 Å². The van der Waals surface area contributed by atoms with Crippen LogP contribution in [0.1, 0.15) is 33.1 Å². The monoisotopic (exact) mass is 445 g/mol. The second-order valence-corrected chi connectivity index (χ2v) is 9.18. The molecule has 1 N–H and O–H groups in total. The van der Waals surface area contributed by atoms with Gasteiger partial charge in [0.1, 0.15) is 5.75 Å². The molecule has 1 unspecified atom stereocenters. The fourth-order valence-electron chi connectivity index (χ4n) is 3.17. The van der Waals surface area contributed by atoms with Crippen molar-refractivity contribution in [1.29, 1.82) is 0 Å². The summed E-state index contributed by atoms with van der Waals surface area (Å²) in [4.78, 5) is 12.9. The number of benzene rings is 3. The maximum atomic E-state index is 12.9. The van der Waals surface area contributed by atoms with E-state index in [1.807, 2.05) is 30.3 Å². The molecule has 8 heteroatoms. The van der Waals surface area contributed by atoms with E-state index in [-0.39, 0.29) is 11.5 Å². The Balaban J connectivity index is 1.88. The maximum Gasteiger partial charge on any atom is 0.387 e. The van der Waals surface area contributed by atoms with Gasteiger partial charge in [-0.3, -0.25) is 4.79 Å². The Morgan fingerprint density at radius 2 is 1.58 bits per heavy atom. The van der Waals surface area contributed by atoms with Gasteiger partial charge in [0.15, 0.2) is 9.84 Å². The number of carbonyl (C=O) groups excluding carboxylic acids is 1. The lowest BCUT2D eigenvalue weighted by Gasteiger charge is -2.20. The molecule has 1 atom stereocenters. The Hall–Kier alpha value is -3.26. The highest BCUT2D eigenvalue weighted by atomic mass is 32.2. The third-order valence-corrected chi connectivity index (χ3v) is 5.32. The Kier molecular flexibility index (Phi) is 7.02. The van der Waals surface area contributed by atoms with E-state index in [1.165, 1.54) is 18.2 Å². The van der Waals surface area contributed by atoms with E-state index < -0.39 is 28.4 Å². The van der Waals surface area contributed by atoms with Crippen molar-refractivity contribution in [1.82, 2.24) is 5.32 Å². The lowest BCUT2D eigenvalue weighted by molar-refractivity contribution is -0.0498. The Morgan fingerprint density at radius 1 is 0.935 bits per heavy atom. The molecule has 1 amide bonds. The minimum absolute atomic E-state index is 0.0189. The van der Waals surface area contributed by atoms with Crippen molar-refractivity contribution in [2.75, 3.05) is 6.26 Å². The smallest absolute Gasteiger partial charge is 0.387 e. The predicted molar refractivity (Wildman–Crippen MR) is 114 cm³/mol. The first-order chi connectivity index (χ1) is 14.7. The van der Waals surface area contributed by atoms with Crippen LogP contribution in [0.2, 0.25) is 0 Å². The highest BCUT2D eigenvalue weighted by Crippen LogP contribution is 2.25. The molecule has 3 aromatic rings. The van der Waals surface area contributed by atoms with Crippen molar-refractivity contribution in [3.63, 3.8) is 0 Å². The first-order valence-corrected chi connectivity index (χ1v) is 11.4. The van der Waals surface area contributed by atoms with Crippen LogP contribution in [0.5, 0.6) is 5.75 Å². The number of nitrogens with one attached hydrogen (secondary N) is 1. The van der Waals surface area contributed by atoms with Crippen LogP contribution in [0, 0.1) is 0 Å². The molecular formula is C23H21F2NO4S. The summed E-state index contributed by atoms with van der Waals surface area (Å²) in [7, 11) is -3.24. The second-order valence-electron chi connectivity index (χ2n) is 7.04. The molecule has 0 aliphatic heterocycles. The number of hydrogen-bond acceptors (Lipinski definition) is 4. The number of amides is 1. The molecule has 0 fully saturated rings. The van der Waals surface area contributed by atoms with E-state index in [0.29, 0.717) is 16.7 Å². The fraction of sp³-hybridized carbons (Fsp3) is 0.174. The molecule has 0 aliphatic rings. The maximum absolute atomic E-state index is 12.9. The third kappa shape index (κ3) is 6.62. The lowest BCUT2D eigenvalue weighted by atomic mass is 9.98. The van der Waals surface area contributed by atoms with Gasteiger partial charge in [-0.25, -0.2) is 8.42 Å². The number of halogens is 2. The molecule has 162 valence electrons. The van der Waals surface area contributed by atoms with Crippen LogP contribution in [-0.4, -0.2) is 27.2 Å². The van der Waals surface area contributed by atoms with Gasteiger partial charge in [0.05, 0.1) is 11.8 Å². The lowest BCUT2D eigenvalue weighted by Crippen LogP contribution is -2.29. The van der Waals surface area contributed by atoms with Crippen LogP contribution in [0.25, 0.3) is 0 Å². The van der Waals surface area contributed by atoms with Crippen LogP contribution in [-0.2, 0) is 15.6 Å². The van der Waals surface area contributed by atoms with Crippen molar-refractivity contribution >= 4 is 15.7 Å². The first-order valence-electron chi connectivity index (χ1n) is 9.38. The summed E-state index contributed by atoms with van der Waals surface area (Å²) in [5.74, 6) is -0.538. The molecule has 31 heavy (non-hydrogen) atoms. The summed E-state index contributed by atoms with van der Waals surface area (Å²) >= 11 is 0. The minimum atomic E-state index is -3.24.